The smallest absolute Gasteiger partial charge is 0.290 e. The van der Waals surface area contributed by atoms with Gasteiger partial charge in [0.15, 0.2) is 0 Å². The van der Waals surface area contributed by atoms with E-state index >= 15 is 0 Å². The molecule has 3 N–H and O–H groups in total. The maximum atomic E-state index is 12.4. The van der Waals surface area contributed by atoms with E-state index in [1.165, 1.54) is 38.5 Å². The summed E-state index contributed by atoms with van der Waals surface area (Å²) in [5, 5.41) is 20.3. The molecular formula is C19H36N2O4. The molecule has 1 heterocycles. The van der Waals surface area contributed by atoms with Crippen LogP contribution in [0.15, 0.2) is 0 Å². The van der Waals surface area contributed by atoms with Crippen LogP contribution < -0.4 is 5.32 Å². The number of aliphatic hydroxyl groups is 1. The minimum absolute atomic E-state index is 0.107. The number of carbonyl (C=O) groups excluding carboxylic acids is 1. The molecule has 0 aromatic carbocycles. The number of rotatable bonds is 6. The molecule has 2 rings (SSSR count). The lowest BCUT2D eigenvalue weighted by atomic mass is 9.80. The average molecular weight is 357 g/mol. The lowest BCUT2D eigenvalue weighted by Gasteiger charge is -2.43. The summed E-state index contributed by atoms with van der Waals surface area (Å²) < 4.78 is 0. The van der Waals surface area contributed by atoms with Crippen LogP contribution in [0.5, 0.6) is 0 Å². The second kappa shape index (κ2) is 11.5. The van der Waals surface area contributed by atoms with Gasteiger partial charge in [-0.15, -0.1) is 0 Å². The molecule has 1 aliphatic carbocycles. The number of carbonyl (C=O) groups is 2. The van der Waals surface area contributed by atoms with Crippen LogP contribution in [0.3, 0.4) is 0 Å². The van der Waals surface area contributed by atoms with Crippen molar-refractivity contribution in [3.05, 3.63) is 0 Å². The zero-order chi connectivity index (χ0) is 18.7. The van der Waals surface area contributed by atoms with Crippen molar-refractivity contribution < 1.29 is 19.8 Å². The predicted molar refractivity (Wildman–Crippen MR) is 98.4 cm³/mol. The van der Waals surface area contributed by atoms with Crippen molar-refractivity contribution in [3.8, 4) is 0 Å². The van der Waals surface area contributed by atoms with E-state index < -0.39 is 6.10 Å². The number of nitrogens with one attached hydrogen (secondary N) is 1. The number of aliphatic hydroxyl groups excluding tert-OH is 1. The summed E-state index contributed by atoms with van der Waals surface area (Å²) in [4.78, 5) is 23.3. The van der Waals surface area contributed by atoms with E-state index in [4.69, 9.17) is 9.90 Å². The molecule has 6 heteroatoms. The Morgan fingerprint density at radius 1 is 1.12 bits per heavy atom. The molecule has 1 saturated carbocycles. The Kier molecular flexibility index (Phi) is 10.0. The van der Waals surface area contributed by atoms with Crippen molar-refractivity contribution >= 4 is 12.4 Å². The Labute approximate surface area is 152 Å². The van der Waals surface area contributed by atoms with Gasteiger partial charge in [0.2, 0.25) is 5.91 Å². The van der Waals surface area contributed by atoms with Crippen LogP contribution in [0, 0.1) is 5.92 Å². The SMILES string of the molecule is CC(C)CC(O)C(=O)NC1(CN2CCCCC2)CCCCC1.O=CO. The Morgan fingerprint density at radius 3 is 2.16 bits per heavy atom. The summed E-state index contributed by atoms with van der Waals surface area (Å²) in [6, 6.07) is 0. The summed E-state index contributed by atoms with van der Waals surface area (Å²) in [6.45, 7) is 7.12. The fourth-order valence-corrected chi connectivity index (χ4v) is 3.99. The Bertz CT molecular complexity index is 389. The van der Waals surface area contributed by atoms with Gasteiger partial charge in [-0.3, -0.25) is 9.59 Å². The number of carboxylic acid groups (broad SMARTS) is 1. The van der Waals surface area contributed by atoms with E-state index in [-0.39, 0.29) is 17.9 Å². The van der Waals surface area contributed by atoms with Crippen molar-refractivity contribution in [1.82, 2.24) is 10.2 Å². The third kappa shape index (κ3) is 8.19. The summed E-state index contributed by atoms with van der Waals surface area (Å²) in [5.74, 6) is 0.178. The van der Waals surface area contributed by atoms with Gasteiger partial charge in [-0.1, -0.05) is 39.5 Å². The third-order valence-electron chi connectivity index (χ3n) is 5.17. The molecule has 1 amide bonds. The molecule has 0 spiro atoms. The first-order chi connectivity index (χ1) is 11.9. The van der Waals surface area contributed by atoms with Gasteiger partial charge in [0, 0.05) is 6.54 Å². The molecule has 0 aromatic rings. The van der Waals surface area contributed by atoms with Gasteiger partial charge in [0.25, 0.3) is 6.47 Å². The summed E-state index contributed by atoms with van der Waals surface area (Å²) in [5.41, 5.74) is -0.107. The minimum atomic E-state index is -0.861. The van der Waals surface area contributed by atoms with E-state index in [1.807, 2.05) is 13.8 Å². The molecule has 0 bridgehead atoms. The van der Waals surface area contributed by atoms with Gasteiger partial charge in [-0.25, -0.2) is 0 Å². The van der Waals surface area contributed by atoms with E-state index in [1.54, 1.807) is 0 Å². The highest BCUT2D eigenvalue weighted by atomic mass is 16.3. The minimum Gasteiger partial charge on any atom is -0.483 e. The predicted octanol–water partition coefficient (Wildman–Crippen LogP) is 2.40. The van der Waals surface area contributed by atoms with Crippen molar-refractivity contribution in [3.63, 3.8) is 0 Å². The number of piperidine rings is 1. The first-order valence-corrected chi connectivity index (χ1v) is 9.73. The van der Waals surface area contributed by atoms with E-state index in [9.17, 15) is 9.90 Å². The molecule has 25 heavy (non-hydrogen) atoms. The zero-order valence-corrected chi connectivity index (χ0v) is 15.9. The van der Waals surface area contributed by atoms with E-state index in [0.29, 0.717) is 12.3 Å². The number of hydrogen-bond acceptors (Lipinski definition) is 4. The maximum Gasteiger partial charge on any atom is 0.290 e. The monoisotopic (exact) mass is 356 g/mol. The maximum absolute atomic E-state index is 12.4. The molecule has 2 aliphatic rings. The highest BCUT2D eigenvalue weighted by Crippen LogP contribution is 2.30. The van der Waals surface area contributed by atoms with Crippen LogP contribution in [-0.4, -0.2) is 58.8 Å². The summed E-state index contributed by atoms with van der Waals surface area (Å²) >= 11 is 0. The van der Waals surface area contributed by atoms with Crippen molar-refractivity contribution in [1.29, 1.82) is 0 Å². The number of likely N-dealkylation sites (tertiary alicyclic amines) is 1. The normalized spacial score (nSPS) is 21.8. The molecule has 0 aromatic heterocycles. The lowest BCUT2D eigenvalue weighted by molar-refractivity contribution is -0.133. The second-order valence-corrected chi connectivity index (χ2v) is 7.92. The number of nitrogens with zero attached hydrogens (tertiary/aromatic N) is 1. The number of hydrogen-bond donors (Lipinski definition) is 3. The molecule has 1 saturated heterocycles. The lowest BCUT2D eigenvalue weighted by Crippen LogP contribution is -2.59. The van der Waals surface area contributed by atoms with Crippen LogP contribution in [0.4, 0.5) is 0 Å². The average Bonchev–Trinajstić information content (AvgIpc) is 2.56. The first kappa shape index (κ1) is 21.9. The highest BCUT2D eigenvalue weighted by Gasteiger charge is 2.36. The molecule has 6 nitrogen and oxygen atoms in total. The first-order valence-electron chi connectivity index (χ1n) is 9.73. The highest BCUT2D eigenvalue weighted by molar-refractivity contribution is 5.81. The van der Waals surface area contributed by atoms with Gasteiger partial charge >= 0.3 is 0 Å². The van der Waals surface area contributed by atoms with Gasteiger partial charge in [-0.2, -0.15) is 0 Å². The molecule has 1 aliphatic heterocycles. The van der Waals surface area contributed by atoms with Crippen LogP contribution in [0.1, 0.15) is 71.6 Å². The van der Waals surface area contributed by atoms with E-state index in [0.717, 1.165) is 32.5 Å². The molecule has 0 radical (unpaired) electrons. The van der Waals surface area contributed by atoms with Crippen molar-refractivity contribution in [2.45, 2.75) is 83.3 Å². The quantitative estimate of drug-likeness (QED) is 0.636. The fraction of sp³-hybridized carbons (Fsp3) is 0.895. The largest absolute Gasteiger partial charge is 0.483 e. The summed E-state index contributed by atoms with van der Waals surface area (Å²) in [6.07, 6.45) is 9.34. The van der Waals surface area contributed by atoms with Crippen LogP contribution in [-0.2, 0) is 9.59 Å². The van der Waals surface area contributed by atoms with Crippen LogP contribution >= 0.6 is 0 Å². The topological polar surface area (TPSA) is 89.9 Å². The van der Waals surface area contributed by atoms with Gasteiger partial charge < -0.3 is 20.4 Å². The van der Waals surface area contributed by atoms with Gasteiger partial charge in [0.1, 0.15) is 6.10 Å². The number of amides is 1. The molecule has 1 atom stereocenters. The molecule has 146 valence electrons. The zero-order valence-electron chi connectivity index (χ0n) is 15.9. The van der Waals surface area contributed by atoms with Crippen LogP contribution in [0.2, 0.25) is 0 Å². The van der Waals surface area contributed by atoms with Crippen LogP contribution in [0.25, 0.3) is 0 Å². The fourth-order valence-electron chi connectivity index (χ4n) is 3.99. The Hall–Kier alpha value is -1.14. The Morgan fingerprint density at radius 2 is 1.64 bits per heavy atom. The standard InChI is InChI=1S/C18H34N2O2.CH2O2/c1-15(2)13-16(21)17(22)19-18(9-5-3-6-10-18)14-20-11-7-4-8-12-20;2-1-3/h15-16,21H,3-14H2,1-2H3,(H,19,22);1H,(H,2,3). The molecular weight excluding hydrogens is 320 g/mol. The van der Waals surface area contributed by atoms with Gasteiger partial charge in [-0.05, 0) is 51.1 Å². The second-order valence-electron chi connectivity index (χ2n) is 7.92. The summed E-state index contributed by atoms with van der Waals surface area (Å²) in [7, 11) is 0. The molecule has 2 fully saturated rings. The van der Waals surface area contributed by atoms with Crippen molar-refractivity contribution in [2.75, 3.05) is 19.6 Å². The Balaban J connectivity index is 0.000000970. The van der Waals surface area contributed by atoms with Gasteiger partial charge in [0.05, 0.1) is 5.54 Å². The molecule has 1 unspecified atom stereocenters. The van der Waals surface area contributed by atoms with E-state index in [2.05, 4.69) is 10.2 Å². The third-order valence-corrected chi connectivity index (χ3v) is 5.17. The van der Waals surface area contributed by atoms with Crippen molar-refractivity contribution in [2.24, 2.45) is 5.92 Å².